The zero-order valence-electron chi connectivity index (χ0n) is 15.0. The molecule has 1 aliphatic carbocycles. The molecule has 0 bridgehead atoms. The van der Waals surface area contributed by atoms with Gasteiger partial charge in [-0.1, -0.05) is 0 Å². The van der Waals surface area contributed by atoms with Crippen molar-refractivity contribution in [2.45, 2.75) is 38.3 Å². The van der Waals surface area contributed by atoms with Crippen LogP contribution in [-0.2, 0) is 11.3 Å². The molecule has 0 unspecified atom stereocenters. The van der Waals surface area contributed by atoms with E-state index in [4.69, 9.17) is 4.74 Å². The normalized spacial score (nSPS) is 22.7. The Morgan fingerprint density at radius 1 is 1.31 bits per heavy atom. The number of anilines is 1. The molecule has 1 N–H and O–H groups in total. The van der Waals surface area contributed by atoms with E-state index in [9.17, 15) is 4.79 Å². The number of amides is 1. The highest BCUT2D eigenvalue weighted by molar-refractivity contribution is 5.92. The second-order valence-electron chi connectivity index (χ2n) is 6.80. The first kappa shape index (κ1) is 17.0. The zero-order valence-corrected chi connectivity index (χ0v) is 15.0. The van der Waals surface area contributed by atoms with Crippen LogP contribution in [0.3, 0.4) is 0 Å². The SMILES string of the molecule is CCn1ccc(C(=O)NC2CC(c3cc(N4CCOCC4)ncn3)C2)n1. The first-order chi connectivity index (χ1) is 12.7. The van der Waals surface area contributed by atoms with Crippen LogP contribution in [0.25, 0.3) is 0 Å². The van der Waals surface area contributed by atoms with Crippen LogP contribution in [0.4, 0.5) is 5.82 Å². The van der Waals surface area contributed by atoms with Gasteiger partial charge in [0.15, 0.2) is 0 Å². The molecule has 138 valence electrons. The number of carbonyl (C=O) groups is 1. The molecule has 4 rings (SSSR count). The van der Waals surface area contributed by atoms with Crippen LogP contribution in [-0.4, -0.2) is 58.0 Å². The third-order valence-corrected chi connectivity index (χ3v) is 5.10. The van der Waals surface area contributed by atoms with E-state index in [-0.39, 0.29) is 11.9 Å². The van der Waals surface area contributed by atoms with Crippen LogP contribution in [0.15, 0.2) is 24.7 Å². The van der Waals surface area contributed by atoms with Crippen LogP contribution in [0.1, 0.15) is 41.9 Å². The van der Waals surface area contributed by atoms with E-state index in [1.54, 1.807) is 17.1 Å². The fraction of sp³-hybridized carbons (Fsp3) is 0.556. The first-order valence-corrected chi connectivity index (χ1v) is 9.22. The van der Waals surface area contributed by atoms with Gasteiger partial charge >= 0.3 is 0 Å². The molecule has 1 amide bonds. The minimum atomic E-state index is -0.0997. The van der Waals surface area contributed by atoms with Crippen molar-refractivity contribution in [1.82, 2.24) is 25.1 Å². The third kappa shape index (κ3) is 3.55. The Hall–Kier alpha value is -2.48. The molecule has 0 spiro atoms. The Morgan fingerprint density at radius 3 is 2.85 bits per heavy atom. The lowest BCUT2D eigenvalue weighted by Gasteiger charge is -2.35. The predicted molar refractivity (Wildman–Crippen MR) is 96.2 cm³/mol. The minimum Gasteiger partial charge on any atom is -0.378 e. The summed E-state index contributed by atoms with van der Waals surface area (Å²) in [5.41, 5.74) is 1.54. The van der Waals surface area contributed by atoms with Crippen LogP contribution in [0.5, 0.6) is 0 Å². The molecule has 2 aromatic rings. The van der Waals surface area contributed by atoms with Gasteiger partial charge in [-0.2, -0.15) is 5.10 Å². The highest BCUT2D eigenvalue weighted by atomic mass is 16.5. The number of carbonyl (C=O) groups excluding carboxylic acids is 1. The summed E-state index contributed by atoms with van der Waals surface area (Å²) in [6, 6.07) is 4.02. The molecule has 2 aromatic heterocycles. The van der Waals surface area contributed by atoms with Crippen molar-refractivity contribution in [1.29, 1.82) is 0 Å². The second-order valence-corrected chi connectivity index (χ2v) is 6.80. The van der Waals surface area contributed by atoms with Crippen LogP contribution in [0.2, 0.25) is 0 Å². The average molecular weight is 356 g/mol. The molecule has 1 saturated carbocycles. The van der Waals surface area contributed by atoms with Crippen molar-refractivity contribution in [2.24, 2.45) is 0 Å². The molecular weight excluding hydrogens is 332 g/mol. The number of nitrogens with zero attached hydrogens (tertiary/aromatic N) is 5. The number of hydrogen-bond donors (Lipinski definition) is 1. The number of rotatable bonds is 5. The molecule has 8 nitrogen and oxygen atoms in total. The summed E-state index contributed by atoms with van der Waals surface area (Å²) in [7, 11) is 0. The molecule has 2 fully saturated rings. The summed E-state index contributed by atoms with van der Waals surface area (Å²) >= 11 is 0. The van der Waals surface area contributed by atoms with Gasteiger partial charge in [0.1, 0.15) is 17.8 Å². The van der Waals surface area contributed by atoms with Crippen molar-refractivity contribution in [3.05, 3.63) is 36.0 Å². The van der Waals surface area contributed by atoms with Gasteiger partial charge < -0.3 is 15.0 Å². The number of morpholine rings is 1. The highest BCUT2D eigenvalue weighted by Crippen LogP contribution is 2.36. The van der Waals surface area contributed by atoms with Crippen LogP contribution < -0.4 is 10.2 Å². The van der Waals surface area contributed by atoms with Gasteiger partial charge in [-0.05, 0) is 25.8 Å². The van der Waals surface area contributed by atoms with E-state index in [1.165, 1.54) is 0 Å². The van der Waals surface area contributed by atoms with Gasteiger partial charge in [0, 0.05) is 49.6 Å². The summed E-state index contributed by atoms with van der Waals surface area (Å²) in [4.78, 5) is 23.3. The number of hydrogen-bond acceptors (Lipinski definition) is 6. The number of nitrogens with one attached hydrogen (secondary N) is 1. The van der Waals surface area contributed by atoms with Gasteiger partial charge in [0.05, 0.1) is 13.2 Å². The Kier molecular flexibility index (Phi) is 4.83. The van der Waals surface area contributed by atoms with Gasteiger partial charge in [0.25, 0.3) is 5.91 Å². The van der Waals surface area contributed by atoms with E-state index in [0.29, 0.717) is 11.6 Å². The van der Waals surface area contributed by atoms with Gasteiger partial charge in [-0.25, -0.2) is 9.97 Å². The fourth-order valence-electron chi connectivity index (χ4n) is 3.45. The van der Waals surface area contributed by atoms with E-state index < -0.39 is 0 Å². The third-order valence-electron chi connectivity index (χ3n) is 5.10. The van der Waals surface area contributed by atoms with Crippen molar-refractivity contribution in [2.75, 3.05) is 31.2 Å². The quantitative estimate of drug-likeness (QED) is 0.867. The van der Waals surface area contributed by atoms with Crippen LogP contribution >= 0.6 is 0 Å². The lowest BCUT2D eigenvalue weighted by Crippen LogP contribution is -2.43. The Labute approximate surface area is 152 Å². The first-order valence-electron chi connectivity index (χ1n) is 9.22. The fourth-order valence-corrected chi connectivity index (χ4v) is 3.45. The molecular formula is C18H24N6O2. The van der Waals surface area contributed by atoms with Crippen molar-refractivity contribution < 1.29 is 9.53 Å². The largest absolute Gasteiger partial charge is 0.378 e. The molecule has 1 saturated heterocycles. The Bertz CT molecular complexity index is 765. The maximum absolute atomic E-state index is 12.2. The molecule has 0 atom stereocenters. The van der Waals surface area contributed by atoms with Crippen molar-refractivity contribution in [3.63, 3.8) is 0 Å². The summed E-state index contributed by atoms with van der Waals surface area (Å²) < 4.78 is 7.15. The van der Waals surface area contributed by atoms with Crippen molar-refractivity contribution >= 4 is 11.7 Å². The van der Waals surface area contributed by atoms with Gasteiger partial charge in [-0.3, -0.25) is 9.48 Å². The molecule has 2 aliphatic rings. The van der Waals surface area contributed by atoms with Gasteiger partial charge in [-0.15, -0.1) is 0 Å². The molecule has 1 aliphatic heterocycles. The molecule has 0 radical (unpaired) electrons. The summed E-state index contributed by atoms with van der Waals surface area (Å²) in [6.07, 6.45) is 5.27. The van der Waals surface area contributed by atoms with E-state index in [2.05, 4.69) is 31.3 Å². The number of aryl methyl sites for hydroxylation is 1. The molecule has 0 aromatic carbocycles. The highest BCUT2D eigenvalue weighted by Gasteiger charge is 2.33. The predicted octanol–water partition coefficient (Wildman–Crippen LogP) is 1.21. The minimum absolute atomic E-state index is 0.0997. The average Bonchev–Trinajstić information content (AvgIpc) is 3.14. The maximum Gasteiger partial charge on any atom is 0.271 e. The molecule has 8 heteroatoms. The van der Waals surface area contributed by atoms with Crippen molar-refractivity contribution in [3.8, 4) is 0 Å². The topological polar surface area (TPSA) is 85.2 Å². The Morgan fingerprint density at radius 2 is 2.12 bits per heavy atom. The summed E-state index contributed by atoms with van der Waals surface area (Å²) in [6.45, 7) is 5.97. The smallest absolute Gasteiger partial charge is 0.271 e. The van der Waals surface area contributed by atoms with E-state index >= 15 is 0 Å². The zero-order chi connectivity index (χ0) is 17.9. The number of aromatic nitrogens is 4. The summed E-state index contributed by atoms with van der Waals surface area (Å²) in [5.74, 6) is 1.24. The van der Waals surface area contributed by atoms with Gasteiger partial charge in [0.2, 0.25) is 0 Å². The monoisotopic (exact) mass is 356 g/mol. The Balaban J connectivity index is 1.32. The lowest BCUT2D eigenvalue weighted by atomic mass is 9.78. The standard InChI is InChI=1S/C18H24N6O2/c1-2-24-4-3-15(22-24)18(25)21-14-9-13(10-14)16-11-17(20-12-19-16)23-5-7-26-8-6-23/h3-4,11-14H,2,5-10H2,1H3,(H,21,25). The maximum atomic E-state index is 12.2. The second kappa shape index (κ2) is 7.41. The number of ether oxygens (including phenoxy) is 1. The van der Waals surface area contributed by atoms with E-state index in [1.807, 2.05) is 13.1 Å². The molecule has 26 heavy (non-hydrogen) atoms. The molecule has 3 heterocycles. The van der Waals surface area contributed by atoms with E-state index in [0.717, 1.165) is 57.2 Å². The summed E-state index contributed by atoms with van der Waals surface area (Å²) in [5, 5.41) is 7.31. The lowest BCUT2D eigenvalue weighted by molar-refractivity contribution is 0.0902. The van der Waals surface area contributed by atoms with Crippen LogP contribution in [0, 0.1) is 0 Å².